The van der Waals surface area contributed by atoms with Crippen molar-refractivity contribution >= 4 is 17.7 Å². The van der Waals surface area contributed by atoms with Gasteiger partial charge in [0.25, 0.3) is 0 Å². The molecule has 0 spiro atoms. The molecule has 0 radical (unpaired) electrons. The average Bonchev–Trinajstić information content (AvgIpc) is 2.32. The van der Waals surface area contributed by atoms with E-state index in [1.165, 1.54) is 7.11 Å². The summed E-state index contributed by atoms with van der Waals surface area (Å²) in [6.45, 7) is 5.21. The van der Waals surface area contributed by atoms with Gasteiger partial charge in [-0.25, -0.2) is 0 Å². The molecular formula is C12H25NO3S. The van der Waals surface area contributed by atoms with E-state index in [4.69, 9.17) is 9.84 Å². The summed E-state index contributed by atoms with van der Waals surface area (Å²) in [5, 5.41) is 12.4. The molecule has 0 fully saturated rings. The molecule has 0 aromatic carbocycles. The molecule has 0 saturated carbocycles. The van der Waals surface area contributed by atoms with Crippen molar-refractivity contribution in [3.63, 3.8) is 0 Å². The van der Waals surface area contributed by atoms with E-state index >= 15 is 0 Å². The lowest BCUT2D eigenvalue weighted by Crippen LogP contribution is -2.38. The molecule has 0 rings (SSSR count). The van der Waals surface area contributed by atoms with Gasteiger partial charge in [-0.1, -0.05) is 13.8 Å². The maximum atomic E-state index is 11.5. The number of aliphatic hydroxyl groups is 1. The maximum absolute atomic E-state index is 11.5. The standard InChI is InChI=1S/C12H25NO3S/c1-4-7-13-11(12(15)16-3)6-9-17-10(2)5-8-14/h10-11,13-14H,4-9H2,1-3H3. The van der Waals surface area contributed by atoms with Crippen molar-refractivity contribution in [1.82, 2.24) is 5.32 Å². The minimum atomic E-state index is -0.200. The fourth-order valence-corrected chi connectivity index (χ4v) is 2.46. The van der Waals surface area contributed by atoms with E-state index in [2.05, 4.69) is 19.2 Å². The zero-order chi connectivity index (χ0) is 13.1. The second kappa shape index (κ2) is 10.9. The van der Waals surface area contributed by atoms with Gasteiger partial charge in [0.1, 0.15) is 6.04 Å². The van der Waals surface area contributed by atoms with Crippen molar-refractivity contribution < 1.29 is 14.6 Å². The van der Waals surface area contributed by atoms with Crippen LogP contribution in [0.5, 0.6) is 0 Å². The van der Waals surface area contributed by atoms with E-state index in [-0.39, 0.29) is 18.6 Å². The van der Waals surface area contributed by atoms with E-state index in [1.54, 1.807) is 11.8 Å². The topological polar surface area (TPSA) is 58.6 Å². The molecule has 4 nitrogen and oxygen atoms in total. The van der Waals surface area contributed by atoms with Crippen LogP contribution in [-0.2, 0) is 9.53 Å². The van der Waals surface area contributed by atoms with Crippen LogP contribution < -0.4 is 5.32 Å². The first-order valence-corrected chi connectivity index (χ1v) is 7.24. The predicted molar refractivity (Wildman–Crippen MR) is 72.3 cm³/mol. The molecule has 0 aromatic heterocycles. The van der Waals surface area contributed by atoms with E-state index in [0.29, 0.717) is 5.25 Å². The van der Waals surface area contributed by atoms with Crippen LogP contribution in [0.15, 0.2) is 0 Å². The molecule has 0 heterocycles. The first kappa shape index (κ1) is 16.7. The van der Waals surface area contributed by atoms with E-state index in [9.17, 15) is 4.79 Å². The second-order valence-corrected chi connectivity index (χ2v) is 5.56. The number of esters is 1. The Balaban J connectivity index is 3.86. The molecule has 0 bridgehead atoms. The molecular weight excluding hydrogens is 238 g/mol. The van der Waals surface area contributed by atoms with Crippen LogP contribution in [-0.4, -0.2) is 48.4 Å². The molecule has 0 saturated heterocycles. The van der Waals surface area contributed by atoms with Crippen molar-refractivity contribution in [3.05, 3.63) is 0 Å². The summed E-state index contributed by atoms with van der Waals surface area (Å²) in [4.78, 5) is 11.5. The summed E-state index contributed by atoms with van der Waals surface area (Å²) in [7, 11) is 1.42. The SMILES string of the molecule is CCCNC(CCSC(C)CCO)C(=O)OC. The number of nitrogens with one attached hydrogen (secondary N) is 1. The highest BCUT2D eigenvalue weighted by molar-refractivity contribution is 7.99. The third kappa shape index (κ3) is 8.46. The summed E-state index contributed by atoms with van der Waals surface area (Å²) in [6.07, 6.45) is 2.57. The Kier molecular flexibility index (Phi) is 10.7. The van der Waals surface area contributed by atoms with Gasteiger partial charge < -0.3 is 15.2 Å². The number of aliphatic hydroxyl groups excluding tert-OH is 1. The van der Waals surface area contributed by atoms with Gasteiger partial charge in [0.05, 0.1) is 7.11 Å². The van der Waals surface area contributed by atoms with Crippen molar-refractivity contribution in [3.8, 4) is 0 Å². The summed E-state index contributed by atoms with van der Waals surface area (Å²) in [5.74, 6) is 0.714. The highest BCUT2D eigenvalue weighted by Crippen LogP contribution is 2.15. The van der Waals surface area contributed by atoms with Crippen molar-refractivity contribution in [2.24, 2.45) is 0 Å². The van der Waals surface area contributed by atoms with Crippen LogP contribution in [0.3, 0.4) is 0 Å². The lowest BCUT2D eigenvalue weighted by molar-refractivity contribution is -0.143. The molecule has 0 aliphatic heterocycles. The molecule has 0 aliphatic carbocycles. The fourth-order valence-electron chi connectivity index (χ4n) is 1.42. The zero-order valence-corrected chi connectivity index (χ0v) is 11.9. The van der Waals surface area contributed by atoms with Gasteiger partial charge in [0.2, 0.25) is 0 Å². The third-order valence-corrected chi connectivity index (χ3v) is 3.75. The Hall–Kier alpha value is -0.260. The first-order valence-electron chi connectivity index (χ1n) is 6.19. The van der Waals surface area contributed by atoms with Crippen LogP contribution in [0, 0.1) is 0 Å². The van der Waals surface area contributed by atoms with Gasteiger partial charge in [-0.3, -0.25) is 4.79 Å². The highest BCUT2D eigenvalue weighted by atomic mass is 32.2. The molecule has 102 valence electrons. The Morgan fingerprint density at radius 3 is 2.71 bits per heavy atom. The molecule has 0 amide bonds. The minimum absolute atomic E-state index is 0.186. The molecule has 17 heavy (non-hydrogen) atoms. The van der Waals surface area contributed by atoms with Crippen LogP contribution >= 0.6 is 11.8 Å². The number of carbonyl (C=O) groups excluding carboxylic acids is 1. The molecule has 2 atom stereocenters. The number of ether oxygens (including phenoxy) is 1. The largest absolute Gasteiger partial charge is 0.468 e. The zero-order valence-electron chi connectivity index (χ0n) is 11.1. The predicted octanol–water partition coefficient (Wildman–Crippen LogP) is 1.42. The van der Waals surface area contributed by atoms with Gasteiger partial charge in [0, 0.05) is 11.9 Å². The van der Waals surface area contributed by atoms with Gasteiger partial charge in [-0.15, -0.1) is 0 Å². The summed E-state index contributed by atoms with van der Waals surface area (Å²) in [6, 6.07) is -0.200. The van der Waals surface area contributed by atoms with Gasteiger partial charge in [0.15, 0.2) is 0 Å². The number of hydrogen-bond donors (Lipinski definition) is 2. The van der Waals surface area contributed by atoms with E-state index in [0.717, 1.165) is 31.6 Å². The second-order valence-electron chi connectivity index (χ2n) is 4.01. The molecule has 0 aliphatic rings. The Labute approximate surface area is 108 Å². The monoisotopic (exact) mass is 263 g/mol. The molecule has 5 heteroatoms. The first-order chi connectivity index (χ1) is 8.15. The summed E-state index contributed by atoms with van der Waals surface area (Å²) in [5.41, 5.74) is 0. The molecule has 2 unspecified atom stereocenters. The van der Waals surface area contributed by atoms with Crippen molar-refractivity contribution in [2.45, 2.75) is 44.4 Å². The summed E-state index contributed by atoms with van der Waals surface area (Å²) >= 11 is 1.78. The normalized spacial score (nSPS) is 14.4. The number of carbonyl (C=O) groups is 1. The lowest BCUT2D eigenvalue weighted by atomic mass is 10.2. The quantitative estimate of drug-likeness (QED) is 0.584. The Bertz CT molecular complexity index is 202. The number of methoxy groups -OCH3 is 1. The Morgan fingerprint density at radius 2 is 2.18 bits per heavy atom. The lowest BCUT2D eigenvalue weighted by Gasteiger charge is -2.17. The molecule has 2 N–H and O–H groups in total. The number of rotatable bonds is 10. The Morgan fingerprint density at radius 1 is 1.47 bits per heavy atom. The van der Waals surface area contributed by atoms with E-state index in [1.807, 2.05) is 0 Å². The molecule has 0 aromatic rings. The minimum Gasteiger partial charge on any atom is -0.468 e. The maximum Gasteiger partial charge on any atom is 0.322 e. The van der Waals surface area contributed by atoms with Crippen LogP contribution in [0.2, 0.25) is 0 Å². The number of thioether (sulfide) groups is 1. The number of hydrogen-bond acceptors (Lipinski definition) is 5. The third-order valence-electron chi connectivity index (χ3n) is 2.47. The smallest absolute Gasteiger partial charge is 0.322 e. The van der Waals surface area contributed by atoms with Gasteiger partial charge in [-0.2, -0.15) is 11.8 Å². The highest BCUT2D eigenvalue weighted by Gasteiger charge is 2.17. The van der Waals surface area contributed by atoms with Crippen molar-refractivity contribution in [1.29, 1.82) is 0 Å². The van der Waals surface area contributed by atoms with Gasteiger partial charge >= 0.3 is 5.97 Å². The average molecular weight is 263 g/mol. The van der Waals surface area contributed by atoms with Crippen LogP contribution in [0.25, 0.3) is 0 Å². The van der Waals surface area contributed by atoms with Crippen LogP contribution in [0.1, 0.15) is 33.1 Å². The van der Waals surface area contributed by atoms with Gasteiger partial charge in [-0.05, 0) is 31.6 Å². The van der Waals surface area contributed by atoms with Crippen molar-refractivity contribution in [2.75, 3.05) is 26.0 Å². The summed E-state index contributed by atoms with van der Waals surface area (Å²) < 4.78 is 4.76. The fraction of sp³-hybridized carbons (Fsp3) is 0.917. The van der Waals surface area contributed by atoms with E-state index < -0.39 is 0 Å². The van der Waals surface area contributed by atoms with Crippen LogP contribution in [0.4, 0.5) is 0 Å².